The Morgan fingerprint density at radius 3 is 3.06 bits per heavy atom. The van der Waals surface area contributed by atoms with E-state index < -0.39 is 0 Å². The van der Waals surface area contributed by atoms with Gasteiger partial charge in [0.05, 0.1) is 0 Å². The maximum absolute atomic E-state index is 12.0. The van der Waals surface area contributed by atoms with Crippen LogP contribution >= 0.6 is 0 Å². The minimum Gasteiger partial charge on any atom is -0.337 e. The third-order valence-corrected chi connectivity index (χ3v) is 3.05. The van der Waals surface area contributed by atoms with Gasteiger partial charge in [-0.25, -0.2) is 5.10 Å². The largest absolute Gasteiger partial charge is 0.337 e. The summed E-state index contributed by atoms with van der Waals surface area (Å²) in [6.45, 7) is 2.13. The smallest absolute Gasteiger partial charge is 0.274 e. The number of hydrogen-bond donors (Lipinski definition) is 2. The summed E-state index contributed by atoms with van der Waals surface area (Å²) in [6, 6.07) is 2.77. The molecule has 0 radical (unpaired) electrons. The lowest BCUT2D eigenvalue weighted by atomic mass is 10.1. The topological polar surface area (TPSA) is 92.1 Å². The van der Waals surface area contributed by atoms with E-state index in [0.29, 0.717) is 12.5 Å². The molecule has 1 aromatic heterocycles. The molecule has 3 N–H and O–H groups in total. The van der Waals surface area contributed by atoms with Gasteiger partial charge in [-0.2, -0.15) is 5.10 Å². The fourth-order valence-corrected chi connectivity index (χ4v) is 2.11. The van der Waals surface area contributed by atoms with Gasteiger partial charge in [0, 0.05) is 19.2 Å². The summed E-state index contributed by atoms with van der Waals surface area (Å²) < 4.78 is 0. The molecule has 1 saturated heterocycles. The predicted molar refractivity (Wildman–Crippen MR) is 62.5 cm³/mol. The molecule has 1 aliphatic rings. The van der Waals surface area contributed by atoms with E-state index >= 15 is 0 Å². The molecule has 1 aromatic rings. The number of hydrogen-bond acceptors (Lipinski definition) is 4. The Morgan fingerprint density at radius 2 is 2.41 bits per heavy atom. The highest BCUT2D eigenvalue weighted by molar-refractivity contribution is 5.92. The van der Waals surface area contributed by atoms with Crippen LogP contribution in [-0.2, 0) is 0 Å². The van der Waals surface area contributed by atoms with Crippen LogP contribution in [0.2, 0.25) is 0 Å². The van der Waals surface area contributed by atoms with E-state index in [1.54, 1.807) is 4.90 Å². The van der Waals surface area contributed by atoms with E-state index in [4.69, 9.17) is 5.73 Å². The van der Waals surface area contributed by atoms with Gasteiger partial charge in [-0.05, 0) is 31.4 Å². The van der Waals surface area contributed by atoms with E-state index in [0.717, 1.165) is 25.9 Å². The van der Waals surface area contributed by atoms with Crippen molar-refractivity contribution >= 4 is 5.91 Å². The monoisotopic (exact) mass is 236 g/mol. The fraction of sp³-hybridized carbons (Fsp3) is 0.545. The van der Waals surface area contributed by atoms with E-state index in [-0.39, 0.29) is 17.2 Å². The Morgan fingerprint density at radius 1 is 1.59 bits per heavy atom. The number of H-pyrrole nitrogens is 1. The van der Waals surface area contributed by atoms with Crippen LogP contribution in [0.4, 0.5) is 0 Å². The van der Waals surface area contributed by atoms with Crippen molar-refractivity contribution in [3.05, 3.63) is 28.2 Å². The van der Waals surface area contributed by atoms with Crippen molar-refractivity contribution in [3.63, 3.8) is 0 Å². The maximum atomic E-state index is 12.0. The summed E-state index contributed by atoms with van der Waals surface area (Å²) in [7, 11) is 0. The first-order valence-electron chi connectivity index (χ1n) is 5.76. The minimum absolute atomic E-state index is 0.124. The molecular formula is C11H16N4O2. The zero-order valence-electron chi connectivity index (χ0n) is 9.56. The van der Waals surface area contributed by atoms with Gasteiger partial charge < -0.3 is 10.6 Å². The quantitative estimate of drug-likeness (QED) is 0.745. The zero-order valence-corrected chi connectivity index (χ0v) is 9.56. The number of carbonyl (C=O) groups is 1. The number of likely N-dealkylation sites (tertiary alicyclic amines) is 1. The molecule has 6 heteroatoms. The summed E-state index contributed by atoms with van der Waals surface area (Å²) in [6.07, 6.45) is 1.94. The molecule has 1 fully saturated rings. The van der Waals surface area contributed by atoms with Gasteiger partial charge in [-0.15, -0.1) is 0 Å². The van der Waals surface area contributed by atoms with Gasteiger partial charge in [0.25, 0.3) is 11.5 Å². The number of aromatic amines is 1. The molecule has 1 amide bonds. The number of aromatic nitrogens is 2. The van der Waals surface area contributed by atoms with Gasteiger partial charge in [0.15, 0.2) is 0 Å². The standard InChI is InChI=1S/C11H16N4O2/c12-5-3-8-4-6-15(7-8)11(17)9-1-2-10(16)14-13-9/h1-2,8H,3-7,12H2,(H,14,16). The molecular weight excluding hydrogens is 220 g/mol. The summed E-state index contributed by atoms with van der Waals surface area (Å²) >= 11 is 0. The number of amides is 1. The second-order valence-corrected chi connectivity index (χ2v) is 4.29. The molecule has 1 aliphatic heterocycles. The van der Waals surface area contributed by atoms with Gasteiger partial charge in [0.2, 0.25) is 0 Å². The Hall–Kier alpha value is -1.69. The van der Waals surface area contributed by atoms with E-state index in [1.165, 1.54) is 12.1 Å². The van der Waals surface area contributed by atoms with Crippen molar-refractivity contribution in [3.8, 4) is 0 Å². The normalized spacial score (nSPS) is 19.6. The van der Waals surface area contributed by atoms with Crippen LogP contribution < -0.4 is 11.3 Å². The SMILES string of the molecule is NCCC1CCN(C(=O)c2ccc(=O)[nH]n2)C1. The zero-order chi connectivity index (χ0) is 12.3. The maximum Gasteiger partial charge on any atom is 0.274 e. The molecule has 2 heterocycles. The first-order valence-corrected chi connectivity index (χ1v) is 5.76. The number of carbonyl (C=O) groups excluding carboxylic acids is 1. The van der Waals surface area contributed by atoms with Crippen molar-refractivity contribution in [2.45, 2.75) is 12.8 Å². The number of nitrogens with two attached hydrogens (primary N) is 1. The third kappa shape index (κ3) is 2.71. The van der Waals surface area contributed by atoms with Crippen LogP contribution in [0.5, 0.6) is 0 Å². The van der Waals surface area contributed by atoms with Crippen molar-refractivity contribution in [2.24, 2.45) is 11.7 Å². The van der Waals surface area contributed by atoms with Crippen LogP contribution in [0, 0.1) is 5.92 Å². The molecule has 0 aliphatic carbocycles. The average molecular weight is 236 g/mol. The Balaban J connectivity index is 2.02. The lowest BCUT2D eigenvalue weighted by molar-refractivity contribution is 0.0779. The molecule has 0 spiro atoms. The minimum atomic E-state index is -0.302. The van der Waals surface area contributed by atoms with Crippen LogP contribution in [-0.4, -0.2) is 40.6 Å². The lowest BCUT2D eigenvalue weighted by Crippen LogP contribution is -2.30. The van der Waals surface area contributed by atoms with Crippen LogP contribution in [0.3, 0.4) is 0 Å². The van der Waals surface area contributed by atoms with Crippen LogP contribution in [0.25, 0.3) is 0 Å². The van der Waals surface area contributed by atoms with Crippen LogP contribution in [0.1, 0.15) is 23.3 Å². The van der Waals surface area contributed by atoms with E-state index in [9.17, 15) is 9.59 Å². The summed E-state index contributed by atoms with van der Waals surface area (Å²) in [4.78, 5) is 24.6. The highest BCUT2D eigenvalue weighted by Crippen LogP contribution is 2.20. The molecule has 17 heavy (non-hydrogen) atoms. The molecule has 0 bridgehead atoms. The van der Waals surface area contributed by atoms with Crippen LogP contribution in [0.15, 0.2) is 16.9 Å². The van der Waals surface area contributed by atoms with Gasteiger partial charge >= 0.3 is 0 Å². The molecule has 2 rings (SSSR count). The fourth-order valence-electron chi connectivity index (χ4n) is 2.11. The Labute approximate surface area is 98.8 Å². The first-order chi connectivity index (χ1) is 8.20. The first kappa shape index (κ1) is 11.8. The van der Waals surface area contributed by atoms with E-state index in [2.05, 4.69) is 10.2 Å². The Kier molecular flexibility index (Phi) is 3.53. The average Bonchev–Trinajstić information content (AvgIpc) is 2.78. The molecule has 1 atom stereocenters. The Bertz CT molecular complexity index is 437. The molecule has 6 nitrogen and oxygen atoms in total. The molecule has 0 saturated carbocycles. The van der Waals surface area contributed by atoms with Gasteiger partial charge in [-0.3, -0.25) is 9.59 Å². The molecule has 92 valence electrons. The lowest BCUT2D eigenvalue weighted by Gasteiger charge is -2.15. The third-order valence-electron chi connectivity index (χ3n) is 3.05. The van der Waals surface area contributed by atoms with Crippen molar-refractivity contribution < 1.29 is 4.79 Å². The summed E-state index contributed by atoms with van der Waals surface area (Å²) in [5, 5.41) is 6.01. The summed E-state index contributed by atoms with van der Waals surface area (Å²) in [5.41, 5.74) is 5.49. The summed E-state index contributed by atoms with van der Waals surface area (Å²) in [5.74, 6) is 0.368. The number of rotatable bonds is 3. The molecule has 0 aromatic carbocycles. The number of nitrogens with one attached hydrogen (secondary N) is 1. The molecule has 1 unspecified atom stereocenters. The van der Waals surface area contributed by atoms with Gasteiger partial charge in [0.1, 0.15) is 5.69 Å². The van der Waals surface area contributed by atoms with Gasteiger partial charge in [-0.1, -0.05) is 0 Å². The highest BCUT2D eigenvalue weighted by atomic mass is 16.2. The van der Waals surface area contributed by atoms with Crippen molar-refractivity contribution in [1.29, 1.82) is 0 Å². The van der Waals surface area contributed by atoms with Crippen molar-refractivity contribution in [1.82, 2.24) is 15.1 Å². The van der Waals surface area contributed by atoms with E-state index in [1.807, 2.05) is 0 Å². The second kappa shape index (κ2) is 5.09. The second-order valence-electron chi connectivity index (χ2n) is 4.29. The van der Waals surface area contributed by atoms with Crippen molar-refractivity contribution in [2.75, 3.05) is 19.6 Å². The predicted octanol–water partition coefficient (Wildman–Crippen LogP) is -0.419. The number of nitrogens with zero attached hydrogens (tertiary/aromatic N) is 2. The highest BCUT2D eigenvalue weighted by Gasteiger charge is 2.26.